The van der Waals surface area contributed by atoms with Gasteiger partial charge in [-0.05, 0) is 106 Å². The van der Waals surface area contributed by atoms with Gasteiger partial charge in [-0.2, -0.15) is 0 Å². The van der Waals surface area contributed by atoms with E-state index >= 15 is 0 Å². The Labute approximate surface area is 386 Å². The minimum atomic E-state index is 0.679. The molecule has 0 amide bonds. The van der Waals surface area contributed by atoms with Crippen LogP contribution in [0.1, 0.15) is 11.1 Å². The van der Waals surface area contributed by atoms with Crippen LogP contribution in [0, 0.1) is 0 Å². The monoisotopic (exact) mass is 848 g/mol. The molecule has 4 nitrogen and oxygen atoms in total. The highest BCUT2D eigenvalue weighted by atomic mass is 15.2. The van der Waals surface area contributed by atoms with E-state index in [0.29, 0.717) is 5.69 Å². The lowest BCUT2D eigenvalue weighted by Gasteiger charge is -2.31. The van der Waals surface area contributed by atoms with Crippen molar-refractivity contribution in [3.05, 3.63) is 260 Å². The number of rotatable bonds is 11. The van der Waals surface area contributed by atoms with Crippen molar-refractivity contribution < 1.29 is 0 Å². The van der Waals surface area contributed by atoms with Crippen LogP contribution in [0.15, 0.2) is 249 Å². The Bertz CT molecular complexity index is 3430. The first-order chi connectivity index (χ1) is 32.6. The number of para-hydroxylation sites is 3. The fourth-order valence-electron chi connectivity index (χ4n) is 9.54. The summed E-state index contributed by atoms with van der Waals surface area (Å²) in [4.78, 5) is 4.64. The van der Waals surface area contributed by atoms with Crippen LogP contribution in [0.25, 0.3) is 60.9 Å². The van der Waals surface area contributed by atoms with Gasteiger partial charge in [-0.25, -0.2) is 0 Å². The summed E-state index contributed by atoms with van der Waals surface area (Å²) in [6.45, 7) is 0. The van der Waals surface area contributed by atoms with E-state index in [1.807, 2.05) is 0 Å². The minimum absolute atomic E-state index is 0.679. The van der Waals surface area contributed by atoms with E-state index in [9.17, 15) is 0 Å². The van der Waals surface area contributed by atoms with Crippen molar-refractivity contribution >= 4 is 55.9 Å². The van der Waals surface area contributed by atoms with Crippen LogP contribution in [-0.4, -0.2) is 11.6 Å². The molecule has 0 aliphatic heterocycles. The number of fused-ring (bicyclic) bond motifs is 3. The van der Waals surface area contributed by atoms with Gasteiger partial charge in [0.05, 0.1) is 28.1 Å². The first-order valence-corrected chi connectivity index (χ1v) is 22.6. The molecule has 0 bridgehead atoms. The normalized spacial score (nSPS) is 11.2. The number of nitrogen functional groups attached to an aromatic ring is 1. The largest absolute Gasteiger partial charge is 0.397 e. The molecule has 0 aliphatic rings. The summed E-state index contributed by atoms with van der Waals surface area (Å²) in [6.07, 6.45) is 0.730. The van der Waals surface area contributed by atoms with Crippen LogP contribution in [-0.2, 0) is 6.42 Å². The fourth-order valence-corrected chi connectivity index (χ4v) is 9.54. The minimum Gasteiger partial charge on any atom is -0.397 e. The SMILES string of the molecule is CN(c1ccc(-c2ccccc2)cc1)c1ccccc1-c1ccc(N(c2ccccc2)c2c(Cc3ccccc3)ccc3c4ccccc4n(-c4ccc(-c5ccccc5)cc4)c23)c(N)c1. The summed E-state index contributed by atoms with van der Waals surface area (Å²) in [5.41, 5.74) is 26.0. The van der Waals surface area contributed by atoms with Crippen molar-refractivity contribution in [2.45, 2.75) is 6.42 Å². The standard InChI is InChI=1S/C62H48N4/c1-64(51-36-30-47(31-37-51)45-20-8-3-9-21-45)58-28-16-14-26-54(58)49-35-41-60(57(63)43-49)66(52-24-12-5-13-25-52)61-50(42-44-18-6-2-7-19-44)34-40-56-55-27-15-17-29-59(55)65(62(56)61)53-38-32-48(33-39-53)46-22-10-4-11-23-46/h2-41,43H,42,63H2,1H3. The predicted octanol–water partition coefficient (Wildman–Crippen LogP) is 16.2. The fraction of sp³-hybridized carbons (Fsp3) is 0.0323. The van der Waals surface area contributed by atoms with Gasteiger partial charge in [-0.3, -0.25) is 0 Å². The van der Waals surface area contributed by atoms with Crippen LogP contribution in [0.5, 0.6) is 0 Å². The van der Waals surface area contributed by atoms with E-state index in [0.717, 1.165) is 62.7 Å². The molecule has 1 aromatic heterocycles. The summed E-state index contributed by atoms with van der Waals surface area (Å²) < 4.78 is 2.45. The Balaban J connectivity index is 1.08. The van der Waals surface area contributed by atoms with Crippen molar-refractivity contribution in [3.8, 4) is 39.1 Å². The molecule has 4 heteroatoms. The molecule has 0 saturated heterocycles. The van der Waals surface area contributed by atoms with Crippen molar-refractivity contribution in [1.82, 2.24) is 4.57 Å². The maximum atomic E-state index is 7.42. The number of hydrogen-bond acceptors (Lipinski definition) is 3. The molecule has 0 aliphatic carbocycles. The van der Waals surface area contributed by atoms with Crippen LogP contribution in [0.2, 0.25) is 0 Å². The molecule has 66 heavy (non-hydrogen) atoms. The number of hydrogen-bond donors (Lipinski definition) is 1. The van der Waals surface area contributed by atoms with E-state index in [1.54, 1.807) is 0 Å². The van der Waals surface area contributed by atoms with Gasteiger partial charge in [0.25, 0.3) is 0 Å². The zero-order chi connectivity index (χ0) is 44.4. The van der Waals surface area contributed by atoms with E-state index in [2.05, 4.69) is 270 Å². The average molecular weight is 849 g/mol. The Kier molecular flexibility index (Phi) is 10.7. The van der Waals surface area contributed by atoms with Gasteiger partial charge in [0, 0.05) is 46.1 Å². The van der Waals surface area contributed by atoms with Crippen molar-refractivity contribution in [2.24, 2.45) is 0 Å². The lowest BCUT2D eigenvalue weighted by molar-refractivity contribution is 1.13. The number of anilines is 6. The molecule has 316 valence electrons. The number of nitrogens with zero attached hydrogens (tertiary/aromatic N) is 3. The molecule has 0 radical (unpaired) electrons. The average Bonchev–Trinajstić information content (AvgIpc) is 3.73. The third-order valence-electron chi connectivity index (χ3n) is 12.8. The summed E-state index contributed by atoms with van der Waals surface area (Å²) >= 11 is 0. The number of nitrogens with two attached hydrogens (primary N) is 1. The Hall–Kier alpha value is -8.60. The molecule has 1 heterocycles. The Morgan fingerprint density at radius 3 is 1.64 bits per heavy atom. The Morgan fingerprint density at radius 1 is 0.424 bits per heavy atom. The smallest absolute Gasteiger partial charge is 0.0785 e. The molecule has 0 unspecified atom stereocenters. The second kappa shape index (κ2) is 17.5. The van der Waals surface area contributed by atoms with Crippen molar-refractivity contribution in [2.75, 3.05) is 22.6 Å². The molecular weight excluding hydrogens is 801 g/mol. The third kappa shape index (κ3) is 7.55. The molecule has 2 N–H and O–H groups in total. The Morgan fingerprint density at radius 2 is 0.970 bits per heavy atom. The highest BCUT2D eigenvalue weighted by molar-refractivity contribution is 6.15. The van der Waals surface area contributed by atoms with Gasteiger partial charge in [0.1, 0.15) is 0 Å². The zero-order valence-corrected chi connectivity index (χ0v) is 36.8. The van der Waals surface area contributed by atoms with Gasteiger partial charge >= 0.3 is 0 Å². The summed E-state index contributed by atoms with van der Waals surface area (Å²) in [5.74, 6) is 0. The van der Waals surface area contributed by atoms with Gasteiger partial charge < -0.3 is 20.1 Å². The summed E-state index contributed by atoms with van der Waals surface area (Å²) in [5, 5.41) is 2.37. The summed E-state index contributed by atoms with van der Waals surface area (Å²) in [7, 11) is 2.13. The number of aromatic nitrogens is 1. The number of benzene rings is 10. The third-order valence-corrected chi connectivity index (χ3v) is 12.8. The van der Waals surface area contributed by atoms with Crippen LogP contribution in [0.4, 0.5) is 34.1 Å². The quantitative estimate of drug-likeness (QED) is 0.132. The molecule has 11 rings (SSSR count). The van der Waals surface area contributed by atoms with Crippen molar-refractivity contribution in [1.29, 1.82) is 0 Å². The summed E-state index contributed by atoms with van der Waals surface area (Å²) in [6, 6.07) is 88.8. The van der Waals surface area contributed by atoms with E-state index in [4.69, 9.17) is 5.73 Å². The maximum Gasteiger partial charge on any atom is 0.0785 e. The predicted molar refractivity (Wildman–Crippen MR) is 280 cm³/mol. The topological polar surface area (TPSA) is 37.4 Å². The van der Waals surface area contributed by atoms with Gasteiger partial charge in [-0.15, -0.1) is 0 Å². The highest BCUT2D eigenvalue weighted by Crippen LogP contribution is 2.48. The van der Waals surface area contributed by atoms with Crippen LogP contribution >= 0.6 is 0 Å². The first kappa shape index (κ1) is 40.2. The molecule has 0 atom stereocenters. The molecule has 0 saturated carbocycles. The van der Waals surface area contributed by atoms with Crippen LogP contribution in [0.3, 0.4) is 0 Å². The molecule has 10 aromatic carbocycles. The molecule has 0 fully saturated rings. The highest BCUT2D eigenvalue weighted by Gasteiger charge is 2.26. The van der Waals surface area contributed by atoms with Gasteiger partial charge in [-0.1, -0.05) is 188 Å². The van der Waals surface area contributed by atoms with E-state index in [1.165, 1.54) is 44.2 Å². The van der Waals surface area contributed by atoms with Crippen molar-refractivity contribution in [3.63, 3.8) is 0 Å². The second-order valence-electron chi connectivity index (χ2n) is 16.8. The van der Waals surface area contributed by atoms with E-state index < -0.39 is 0 Å². The molecular formula is C62H48N4. The molecule has 0 spiro atoms. The van der Waals surface area contributed by atoms with Gasteiger partial charge in [0.2, 0.25) is 0 Å². The van der Waals surface area contributed by atoms with Gasteiger partial charge in [0.15, 0.2) is 0 Å². The lowest BCUT2D eigenvalue weighted by Crippen LogP contribution is -2.16. The zero-order valence-electron chi connectivity index (χ0n) is 36.8. The lowest BCUT2D eigenvalue weighted by atomic mass is 9.97. The van der Waals surface area contributed by atoms with E-state index in [-0.39, 0.29) is 0 Å². The van der Waals surface area contributed by atoms with Crippen LogP contribution < -0.4 is 15.5 Å². The molecule has 11 aromatic rings. The second-order valence-corrected chi connectivity index (χ2v) is 16.8. The maximum absolute atomic E-state index is 7.42. The first-order valence-electron chi connectivity index (χ1n) is 22.6.